The van der Waals surface area contributed by atoms with Crippen LogP contribution in [0.25, 0.3) is 10.9 Å². The number of ketones is 1. The zero-order valence-corrected chi connectivity index (χ0v) is 24.8. The Balaban J connectivity index is 1.32. The largest absolute Gasteiger partial charge is 0.458 e. The molecule has 40 heavy (non-hydrogen) atoms. The van der Waals surface area contributed by atoms with Gasteiger partial charge in [0, 0.05) is 23.1 Å². The summed E-state index contributed by atoms with van der Waals surface area (Å²) in [7, 11) is 0. The molecule has 0 amide bonds. The van der Waals surface area contributed by atoms with Gasteiger partial charge in [-0.05, 0) is 18.6 Å². The second-order valence-electron chi connectivity index (χ2n) is 11.1. The summed E-state index contributed by atoms with van der Waals surface area (Å²) >= 11 is 0. The van der Waals surface area contributed by atoms with Gasteiger partial charge in [-0.15, -0.1) is 0 Å². The smallest absolute Gasteiger partial charge is 0.403 e. The normalized spacial score (nSPS) is 11.1. The van der Waals surface area contributed by atoms with E-state index in [1.807, 2.05) is 60.7 Å². The number of esters is 1. The molecule has 3 rings (SSSR count). The Morgan fingerprint density at radius 2 is 1.12 bits per heavy atom. The minimum absolute atomic E-state index is 0.0335. The number of unbranched alkanes of at least 4 members (excludes halogenated alkanes) is 15. The maximum atomic E-state index is 13.0. The van der Waals surface area contributed by atoms with Crippen molar-refractivity contribution in [2.24, 2.45) is 0 Å². The molecule has 0 aliphatic carbocycles. The van der Waals surface area contributed by atoms with Gasteiger partial charge in [-0.2, -0.15) is 4.57 Å². The number of carbonyl (C=O) groups excluding carboxylic acids is 2. The highest BCUT2D eigenvalue weighted by Crippen LogP contribution is 2.15. The summed E-state index contributed by atoms with van der Waals surface area (Å²) in [6.45, 7) is 2.78. The standard InChI is InChI=1S/C36H50NO3/c1-2-3-4-5-6-7-8-9-10-11-12-13-14-15-16-22-29-40-36(39)34-28-27-31-23-20-21-26-33(31)37(34)30-35(38)32-24-18-17-19-25-32/h17-21,23-28H,2-16,22,29-30H2,1H3/q+1. The molecule has 216 valence electrons. The second kappa shape index (κ2) is 19.1. The van der Waals surface area contributed by atoms with Crippen LogP contribution in [0.15, 0.2) is 66.7 Å². The molecule has 2 aromatic carbocycles. The molecule has 0 atom stereocenters. The fraction of sp³-hybridized carbons (Fsp3) is 0.528. The molecule has 3 aromatic rings. The Labute approximate surface area is 242 Å². The van der Waals surface area contributed by atoms with Gasteiger partial charge >= 0.3 is 5.97 Å². The van der Waals surface area contributed by atoms with Crippen LogP contribution in [-0.2, 0) is 11.3 Å². The average Bonchev–Trinajstić information content (AvgIpc) is 2.99. The minimum Gasteiger partial charge on any atom is -0.458 e. The zero-order valence-electron chi connectivity index (χ0n) is 24.8. The van der Waals surface area contributed by atoms with E-state index in [1.54, 1.807) is 10.6 Å². The SMILES string of the molecule is CCCCCCCCCCCCCCCCCCOC(=O)c1ccc2ccccc2[n+]1CC(=O)c1ccccc1. The molecule has 0 saturated carbocycles. The fourth-order valence-electron chi connectivity index (χ4n) is 5.36. The molecule has 0 saturated heterocycles. The number of aromatic nitrogens is 1. The van der Waals surface area contributed by atoms with Crippen LogP contribution < -0.4 is 4.57 Å². The number of nitrogens with zero attached hydrogens (tertiary/aromatic N) is 1. The molecule has 1 heterocycles. The van der Waals surface area contributed by atoms with Crippen molar-refractivity contribution in [2.45, 2.75) is 116 Å². The predicted molar refractivity (Wildman–Crippen MR) is 165 cm³/mol. The average molecular weight is 545 g/mol. The van der Waals surface area contributed by atoms with Gasteiger partial charge in [0.1, 0.15) is 0 Å². The first-order valence-electron chi connectivity index (χ1n) is 15.9. The number of rotatable bonds is 21. The van der Waals surface area contributed by atoms with Crippen LogP contribution in [0, 0.1) is 0 Å². The maximum Gasteiger partial charge on any atom is 0.403 e. The Bertz CT molecular complexity index is 1140. The lowest BCUT2D eigenvalue weighted by Gasteiger charge is -2.08. The van der Waals surface area contributed by atoms with Crippen molar-refractivity contribution in [3.8, 4) is 0 Å². The number of benzene rings is 2. The maximum absolute atomic E-state index is 13.0. The van der Waals surface area contributed by atoms with Crippen LogP contribution in [0.4, 0.5) is 0 Å². The molecule has 0 aliphatic rings. The number of fused-ring (bicyclic) bond motifs is 1. The number of Topliss-reactive ketones (excluding diaryl/α,β-unsaturated/α-hetero) is 1. The lowest BCUT2D eigenvalue weighted by Crippen LogP contribution is -2.45. The monoisotopic (exact) mass is 544 g/mol. The molecule has 0 N–H and O–H groups in total. The molecule has 0 unspecified atom stereocenters. The zero-order chi connectivity index (χ0) is 28.3. The fourth-order valence-corrected chi connectivity index (χ4v) is 5.36. The van der Waals surface area contributed by atoms with Crippen LogP contribution in [0.3, 0.4) is 0 Å². The van der Waals surface area contributed by atoms with Crippen molar-refractivity contribution in [3.05, 3.63) is 78.0 Å². The van der Waals surface area contributed by atoms with E-state index in [4.69, 9.17) is 4.74 Å². The van der Waals surface area contributed by atoms with Gasteiger partial charge < -0.3 is 4.74 Å². The summed E-state index contributed by atoms with van der Waals surface area (Å²) in [4.78, 5) is 26.0. The van der Waals surface area contributed by atoms with E-state index in [2.05, 4.69) is 6.92 Å². The van der Waals surface area contributed by atoms with Gasteiger partial charge in [0.15, 0.2) is 0 Å². The molecule has 0 spiro atoms. The molecule has 0 fully saturated rings. The molecule has 0 bridgehead atoms. The van der Waals surface area contributed by atoms with Gasteiger partial charge in [0.05, 0.1) is 6.61 Å². The first kappa shape index (κ1) is 31.5. The number of hydrogen-bond acceptors (Lipinski definition) is 3. The predicted octanol–water partition coefficient (Wildman–Crippen LogP) is 9.43. The number of pyridine rings is 1. The summed E-state index contributed by atoms with van der Waals surface area (Å²) in [5.74, 6) is -0.401. The molecular formula is C36H50NO3+. The van der Waals surface area contributed by atoms with Gasteiger partial charge in [-0.25, -0.2) is 4.79 Å². The van der Waals surface area contributed by atoms with Gasteiger partial charge in [0.25, 0.3) is 5.69 Å². The number of ether oxygens (including phenoxy) is 1. The van der Waals surface area contributed by atoms with Crippen LogP contribution in [0.2, 0.25) is 0 Å². The van der Waals surface area contributed by atoms with Gasteiger partial charge in [-0.1, -0.05) is 146 Å². The second-order valence-corrected chi connectivity index (χ2v) is 11.1. The summed E-state index contributed by atoms with van der Waals surface area (Å²) in [6, 6.07) is 20.7. The van der Waals surface area contributed by atoms with E-state index in [0.29, 0.717) is 17.9 Å². The van der Waals surface area contributed by atoms with Crippen molar-refractivity contribution < 1.29 is 18.9 Å². The highest BCUT2D eigenvalue weighted by molar-refractivity contribution is 5.95. The van der Waals surface area contributed by atoms with E-state index < -0.39 is 0 Å². The van der Waals surface area contributed by atoms with E-state index in [1.165, 1.54) is 89.9 Å². The summed E-state index contributed by atoms with van der Waals surface area (Å²) in [5, 5.41) is 0.984. The Morgan fingerprint density at radius 1 is 0.600 bits per heavy atom. The molecule has 0 aliphatic heterocycles. The molecule has 4 heteroatoms. The quantitative estimate of drug-likeness (QED) is 0.0581. The Hall–Kier alpha value is -3.01. The molecule has 4 nitrogen and oxygen atoms in total. The minimum atomic E-state index is -0.368. The van der Waals surface area contributed by atoms with Crippen LogP contribution in [0.5, 0.6) is 0 Å². The molecular weight excluding hydrogens is 494 g/mol. The van der Waals surface area contributed by atoms with Crippen molar-refractivity contribution in [1.29, 1.82) is 0 Å². The summed E-state index contributed by atoms with van der Waals surface area (Å²) < 4.78 is 7.45. The number of carbonyl (C=O) groups is 2. The van der Waals surface area contributed by atoms with E-state index in [0.717, 1.165) is 23.7 Å². The van der Waals surface area contributed by atoms with Crippen LogP contribution in [-0.4, -0.2) is 18.4 Å². The first-order chi connectivity index (χ1) is 19.7. The van der Waals surface area contributed by atoms with E-state index >= 15 is 0 Å². The van der Waals surface area contributed by atoms with Gasteiger partial charge in [-0.3, -0.25) is 4.79 Å². The van der Waals surface area contributed by atoms with Crippen molar-refractivity contribution >= 4 is 22.7 Å². The van der Waals surface area contributed by atoms with Gasteiger partial charge in [0.2, 0.25) is 17.8 Å². The highest BCUT2D eigenvalue weighted by atomic mass is 16.5. The van der Waals surface area contributed by atoms with Crippen molar-refractivity contribution in [1.82, 2.24) is 0 Å². The summed E-state index contributed by atoms with van der Waals surface area (Å²) in [6.07, 6.45) is 21.0. The van der Waals surface area contributed by atoms with Crippen LogP contribution in [0.1, 0.15) is 131 Å². The lowest BCUT2D eigenvalue weighted by atomic mass is 10.0. The third kappa shape index (κ3) is 11.2. The Kier molecular flexibility index (Phi) is 15.1. The Morgan fingerprint density at radius 3 is 1.73 bits per heavy atom. The van der Waals surface area contributed by atoms with E-state index in [9.17, 15) is 9.59 Å². The lowest BCUT2D eigenvalue weighted by molar-refractivity contribution is -0.659. The van der Waals surface area contributed by atoms with Crippen LogP contribution >= 0.6 is 0 Å². The summed E-state index contributed by atoms with van der Waals surface area (Å²) in [5.41, 5.74) is 1.90. The molecule has 0 radical (unpaired) electrons. The topological polar surface area (TPSA) is 47.2 Å². The third-order valence-corrected chi connectivity index (χ3v) is 7.78. The molecule has 1 aromatic heterocycles. The number of para-hydroxylation sites is 1. The van der Waals surface area contributed by atoms with Crippen molar-refractivity contribution in [3.63, 3.8) is 0 Å². The third-order valence-electron chi connectivity index (χ3n) is 7.78. The highest BCUT2D eigenvalue weighted by Gasteiger charge is 2.26. The number of hydrogen-bond donors (Lipinski definition) is 0. The first-order valence-corrected chi connectivity index (χ1v) is 15.9. The van der Waals surface area contributed by atoms with Crippen molar-refractivity contribution in [2.75, 3.05) is 6.61 Å². The van der Waals surface area contributed by atoms with E-state index in [-0.39, 0.29) is 18.3 Å².